The van der Waals surface area contributed by atoms with Gasteiger partial charge >= 0.3 is 0 Å². The standard InChI is InChI=1S/C16H21FN2O2/c1-11(2)9-14-16(21)19(8-7-15(20)18-14)10-12-5-3-4-6-13(12)17/h3-6,11,14H,7-10H2,1-2H3,(H,18,20). The zero-order valence-corrected chi connectivity index (χ0v) is 12.4. The Morgan fingerprint density at radius 3 is 2.71 bits per heavy atom. The van der Waals surface area contributed by atoms with Gasteiger partial charge in [0.2, 0.25) is 11.8 Å². The summed E-state index contributed by atoms with van der Waals surface area (Å²) >= 11 is 0. The van der Waals surface area contributed by atoms with Crippen LogP contribution in [-0.2, 0) is 16.1 Å². The van der Waals surface area contributed by atoms with E-state index in [2.05, 4.69) is 5.32 Å². The van der Waals surface area contributed by atoms with Gasteiger partial charge in [-0.3, -0.25) is 9.59 Å². The average molecular weight is 292 g/mol. The molecule has 1 aliphatic heterocycles. The third-order valence-electron chi connectivity index (χ3n) is 3.58. The van der Waals surface area contributed by atoms with Gasteiger partial charge in [0.25, 0.3) is 0 Å². The highest BCUT2D eigenvalue weighted by Crippen LogP contribution is 2.16. The Hall–Kier alpha value is -1.91. The molecule has 2 amide bonds. The van der Waals surface area contributed by atoms with Crippen LogP contribution in [0.2, 0.25) is 0 Å². The van der Waals surface area contributed by atoms with Crippen molar-refractivity contribution in [3.8, 4) is 0 Å². The maximum atomic E-state index is 13.7. The van der Waals surface area contributed by atoms with E-state index in [-0.39, 0.29) is 30.6 Å². The number of amides is 2. The molecule has 1 aliphatic rings. The Balaban J connectivity index is 2.15. The Kier molecular flexibility index (Phi) is 4.94. The molecule has 0 aromatic heterocycles. The van der Waals surface area contributed by atoms with E-state index in [0.717, 1.165) is 0 Å². The lowest BCUT2D eigenvalue weighted by Crippen LogP contribution is -2.45. The molecule has 1 saturated heterocycles. The smallest absolute Gasteiger partial charge is 0.245 e. The van der Waals surface area contributed by atoms with E-state index in [1.54, 1.807) is 23.1 Å². The molecular formula is C16H21FN2O2. The molecule has 114 valence electrons. The topological polar surface area (TPSA) is 49.4 Å². The van der Waals surface area contributed by atoms with Crippen LogP contribution in [0, 0.1) is 11.7 Å². The van der Waals surface area contributed by atoms with Gasteiger partial charge in [0.1, 0.15) is 11.9 Å². The Labute approximate surface area is 124 Å². The summed E-state index contributed by atoms with van der Waals surface area (Å²) in [5.41, 5.74) is 0.475. The summed E-state index contributed by atoms with van der Waals surface area (Å²) in [4.78, 5) is 25.8. The summed E-state index contributed by atoms with van der Waals surface area (Å²) in [5.74, 6) is -0.273. The molecule has 5 heteroatoms. The van der Waals surface area contributed by atoms with Crippen molar-refractivity contribution >= 4 is 11.8 Å². The SMILES string of the molecule is CC(C)CC1NC(=O)CCN(Cc2ccccc2F)C1=O. The molecular weight excluding hydrogens is 271 g/mol. The van der Waals surface area contributed by atoms with E-state index in [9.17, 15) is 14.0 Å². The van der Waals surface area contributed by atoms with Gasteiger partial charge in [0, 0.05) is 25.1 Å². The third-order valence-corrected chi connectivity index (χ3v) is 3.58. The van der Waals surface area contributed by atoms with Gasteiger partial charge in [0.05, 0.1) is 0 Å². The van der Waals surface area contributed by atoms with Crippen LogP contribution in [0.15, 0.2) is 24.3 Å². The number of hydrogen-bond acceptors (Lipinski definition) is 2. The third kappa shape index (κ3) is 4.03. The molecule has 1 aromatic carbocycles. The lowest BCUT2D eigenvalue weighted by molar-refractivity contribution is -0.134. The zero-order chi connectivity index (χ0) is 15.4. The maximum Gasteiger partial charge on any atom is 0.245 e. The van der Waals surface area contributed by atoms with Crippen LogP contribution in [-0.4, -0.2) is 29.3 Å². The fourth-order valence-electron chi connectivity index (χ4n) is 2.52. The van der Waals surface area contributed by atoms with Crippen molar-refractivity contribution in [1.29, 1.82) is 0 Å². The van der Waals surface area contributed by atoms with Crippen molar-refractivity contribution in [3.05, 3.63) is 35.6 Å². The molecule has 1 heterocycles. The minimum Gasteiger partial charge on any atom is -0.344 e. The summed E-state index contributed by atoms with van der Waals surface area (Å²) in [6.45, 7) is 4.54. The average Bonchev–Trinajstić information content (AvgIpc) is 2.54. The van der Waals surface area contributed by atoms with Crippen LogP contribution in [0.5, 0.6) is 0 Å². The fourth-order valence-corrected chi connectivity index (χ4v) is 2.52. The second kappa shape index (κ2) is 6.70. The summed E-state index contributed by atoms with van der Waals surface area (Å²) in [7, 11) is 0. The van der Waals surface area contributed by atoms with Crippen LogP contribution < -0.4 is 5.32 Å². The van der Waals surface area contributed by atoms with Crippen molar-refractivity contribution < 1.29 is 14.0 Å². The minimum atomic E-state index is -0.508. The summed E-state index contributed by atoms with van der Waals surface area (Å²) < 4.78 is 13.7. The number of carbonyl (C=O) groups excluding carboxylic acids is 2. The highest BCUT2D eigenvalue weighted by Gasteiger charge is 2.30. The Bertz CT molecular complexity index is 531. The highest BCUT2D eigenvalue weighted by molar-refractivity contribution is 5.89. The van der Waals surface area contributed by atoms with Crippen LogP contribution in [0.25, 0.3) is 0 Å². The van der Waals surface area contributed by atoms with E-state index < -0.39 is 6.04 Å². The molecule has 1 atom stereocenters. The highest BCUT2D eigenvalue weighted by atomic mass is 19.1. The largest absolute Gasteiger partial charge is 0.344 e. The summed E-state index contributed by atoms with van der Waals surface area (Å²) in [6.07, 6.45) is 0.854. The molecule has 1 unspecified atom stereocenters. The lowest BCUT2D eigenvalue weighted by atomic mass is 10.0. The second-order valence-corrected chi connectivity index (χ2v) is 5.85. The minimum absolute atomic E-state index is 0.120. The van der Waals surface area contributed by atoms with E-state index in [1.165, 1.54) is 6.07 Å². The molecule has 1 fully saturated rings. The molecule has 1 aromatic rings. The van der Waals surface area contributed by atoms with E-state index in [1.807, 2.05) is 13.8 Å². The quantitative estimate of drug-likeness (QED) is 0.924. The molecule has 0 radical (unpaired) electrons. The molecule has 4 nitrogen and oxygen atoms in total. The number of carbonyl (C=O) groups is 2. The van der Waals surface area contributed by atoms with Crippen molar-refractivity contribution in [2.24, 2.45) is 5.92 Å². The molecule has 0 spiro atoms. The van der Waals surface area contributed by atoms with Crippen molar-refractivity contribution in [2.45, 2.75) is 39.3 Å². The lowest BCUT2D eigenvalue weighted by Gasteiger charge is -2.25. The Morgan fingerprint density at radius 2 is 2.05 bits per heavy atom. The first-order valence-corrected chi connectivity index (χ1v) is 7.29. The fraction of sp³-hybridized carbons (Fsp3) is 0.500. The van der Waals surface area contributed by atoms with Gasteiger partial charge in [-0.1, -0.05) is 32.0 Å². The number of rotatable bonds is 4. The first-order chi connectivity index (χ1) is 9.97. The number of nitrogens with one attached hydrogen (secondary N) is 1. The predicted octanol–water partition coefficient (Wildman–Crippen LogP) is 2.09. The van der Waals surface area contributed by atoms with Crippen LogP contribution in [0.3, 0.4) is 0 Å². The molecule has 2 rings (SSSR count). The number of hydrogen-bond donors (Lipinski definition) is 1. The summed E-state index contributed by atoms with van der Waals surface area (Å²) in [5, 5.41) is 2.77. The summed E-state index contributed by atoms with van der Waals surface area (Å²) in [6, 6.07) is 5.91. The molecule has 0 aliphatic carbocycles. The van der Waals surface area contributed by atoms with Crippen molar-refractivity contribution in [3.63, 3.8) is 0 Å². The molecule has 1 N–H and O–H groups in total. The van der Waals surface area contributed by atoms with Gasteiger partial charge in [-0.2, -0.15) is 0 Å². The van der Waals surface area contributed by atoms with Gasteiger partial charge in [-0.25, -0.2) is 4.39 Å². The van der Waals surface area contributed by atoms with Gasteiger partial charge in [0.15, 0.2) is 0 Å². The van der Waals surface area contributed by atoms with Crippen LogP contribution >= 0.6 is 0 Å². The zero-order valence-electron chi connectivity index (χ0n) is 12.4. The molecule has 0 saturated carbocycles. The van der Waals surface area contributed by atoms with Gasteiger partial charge in [-0.15, -0.1) is 0 Å². The van der Waals surface area contributed by atoms with E-state index in [4.69, 9.17) is 0 Å². The number of halogens is 1. The van der Waals surface area contributed by atoms with E-state index in [0.29, 0.717) is 24.4 Å². The first-order valence-electron chi connectivity index (χ1n) is 7.29. The molecule has 0 bridgehead atoms. The predicted molar refractivity (Wildman–Crippen MR) is 77.8 cm³/mol. The number of nitrogens with zero attached hydrogens (tertiary/aromatic N) is 1. The van der Waals surface area contributed by atoms with Crippen molar-refractivity contribution in [1.82, 2.24) is 10.2 Å². The first kappa shape index (κ1) is 15.5. The van der Waals surface area contributed by atoms with Crippen LogP contribution in [0.1, 0.15) is 32.3 Å². The normalized spacial score (nSPS) is 19.6. The maximum absolute atomic E-state index is 13.7. The Morgan fingerprint density at radius 1 is 1.33 bits per heavy atom. The second-order valence-electron chi connectivity index (χ2n) is 5.85. The van der Waals surface area contributed by atoms with Crippen LogP contribution in [0.4, 0.5) is 4.39 Å². The number of benzene rings is 1. The monoisotopic (exact) mass is 292 g/mol. The van der Waals surface area contributed by atoms with Gasteiger partial charge < -0.3 is 10.2 Å². The van der Waals surface area contributed by atoms with Crippen molar-refractivity contribution in [2.75, 3.05) is 6.54 Å². The van der Waals surface area contributed by atoms with Gasteiger partial charge in [-0.05, 0) is 18.4 Å². The molecule has 21 heavy (non-hydrogen) atoms. The van der Waals surface area contributed by atoms with E-state index >= 15 is 0 Å².